The van der Waals surface area contributed by atoms with Crippen LogP contribution in [-0.2, 0) is 9.53 Å². The fourth-order valence-corrected chi connectivity index (χ4v) is 3.90. The summed E-state index contributed by atoms with van der Waals surface area (Å²) < 4.78 is 4.78. The van der Waals surface area contributed by atoms with Gasteiger partial charge in [0.15, 0.2) is 0 Å². The van der Waals surface area contributed by atoms with E-state index in [1.165, 1.54) is 13.5 Å². The molecule has 1 heterocycles. The lowest BCUT2D eigenvalue weighted by Crippen LogP contribution is -2.34. The van der Waals surface area contributed by atoms with E-state index in [0.717, 1.165) is 42.7 Å². The van der Waals surface area contributed by atoms with Gasteiger partial charge in [-0.05, 0) is 67.6 Å². The summed E-state index contributed by atoms with van der Waals surface area (Å²) in [7, 11) is 1.35. The molecule has 0 aliphatic carbocycles. The zero-order valence-corrected chi connectivity index (χ0v) is 17.1. The van der Waals surface area contributed by atoms with E-state index in [-0.39, 0.29) is 5.91 Å². The number of nitrogens with zero attached hydrogens (tertiary/aromatic N) is 1. The second-order valence-corrected chi connectivity index (χ2v) is 7.31. The third-order valence-corrected chi connectivity index (χ3v) is 5.34. The van der Waals surface area contributed by atoms with Crippen molar-refractivity contribution in [2.45, 2.75) is 32.1 Å². The lowest BCUT2D eigenvalue weighted by atomic mass is 9.87. The number of benzene rings is 2. The van der Waals surface area contributed by atoms with Gasteiger partial charge in [0, 0.05) is 31.0 Å². The molecule has 3 rings (SSSR count). The molecule has 1 aliphatic heterocycles. The minimum absolute atomic E-state index is 0.0813. The zero-order valence-electron chi connectivity index (χ0n) is 17.1. The van der Waals surface area contributed by atoms with Gasteiger partial charge in [-0.25, -0.2) is 4.79 Å². The molecular weight excluding hydrogens is 366 g/mol. The molecule has 1 fully saturated rings. The maximum Gasteiger partial charge on any atom is 0.337 e. The molecule has 0 bridgehead atoms. The highest BCUT2D eigenvalue weighted by Crippen LogP contribution is 2.36. The van der Waals surface area contributed by atoms with E-state index < -0.39 is 11.9 Å². The van der Waals surface area contributed by atoms with Crippen molar-refractivity contribution in [3.05, 3.63) is 59.2 Å². The first-order chi connectivity index (χ1) is 14.0. The highest BCUT2D eigenvalue weighted by atomic mass is 16.5. The summed E-state index contributed by atoms with van der Waals surface area (Å²) >= 11 is 0. The summed E-state index contributed by atoms with van der Waals surface area (Å²) in [6, 6.07) is 12.8. The number of nitrogen functional groups attached to an aromatic ring is 1. The van der Waals surface area contributed by atoms with Gasteiger partial charge in [-0.2, -0.15) is 0 Å². The number of rotatable bonds is 6. The van der Waals surface area contributed by atoms with E-state index >= 15 is 0 Å². The number of hydrogen-bond donors (Lipinski definition) is 2. The number of amides is 1. The molecule has 3 N–H and O–H groups in total. The van der Waals surface area contributed by atoms with Crippen LogP contribution in [0.3, 0.4) is 0 Å². The second-order valence-electron chi connectivity index (χ2n) is 7.31. The lowest BCUT2D eigenvalue weighted by molar-refractivity contribution is -0.121. The average Bonchev–Trinajstić information content (AvgIpc) is 2.75. The third-order valence-electron chi connectivity index (χ3n) is 5.34. The van der Waals surface area contributed by atoms with E-state index in [0.29, 0.717) is 17.8 Å². The smallest absolute Gasteiger partial charge is 0.337 e. The molecule has 2 aromatic rings. The number of ether oxygens (including phenoxy) is 1. The van der Waals surface area contributed by atoms with Crippen LogP contribution in [0.4, 0.5) is 11.4 Å². The van der Waals surface area contributed by atoms with Gasteiger partial charge in [-0.1, -0.05) is 12.1 Å². The van der Waals surface area contributed by atoms with Crippen molar-refractivity contribution in [3.63, 3.8) is 0 Å². The van der Waals surface area contributed by atoms with E-state index in [1.807, 2.05) is 37.3 Å². The maximum atomic E-state index is 13.1. The number of carbonyl (C=O) groups excluding carboxylic acids is 2. The minimum atomic E-state index is -0.512. The van der Waals surface area contributed by atoms with Crippen LogP contribution >= 0.6 is 0 Å². The van der Waals surface area contributed by atoms with Gasteiger partial charge in [0.1, 0.15) is 0 Å². The third kappa shape index (κ3) is 4.70. The number of piperidine rings is 1. The van der Waals surface area contributed by atoms with Gasteiger partial charge in [0.25, 0.3) is 0 Å². The molecule has 0 aromatic heterocycles. The number of likely N-dealkylation sites (N-methyl/N-ethyl adjacent to an activating group) is 1. The average molecular weight is 396 g/mol. The molecule has 1 atom stereocenters. The first kappa shape index (κ1) is 20.7. The van der Waals surface area contributed by atoms with Gasteiger partial charge in [0.2, 0.25) is 5.91 Å². The first-order valence-corrected chi connectivity index (χ1v) is 10.2. The Morgan fingerprint density at radius 2 is 1.79 bits per heavy atom. The van der Waals surface area contributed by atoms with E-state index in [4.69, 9.17) is 10.5 Å². The van der Waals surface area contributed by atoms with Crippen molar-refractivity contribution in [2.24, 2.45) is 0 Å². The van der Waals surface area contributed by atoms with Crippen LogP contribution in [0.15, 0.2) is 42.5 Å². The van der Waals surface area contributed by atoms with Crippen molar-refractivity contribution in [1.29, 1.82) is 0 Å². The van der Waals surface area contributed by atoms with Crippen LogP contribution in [0.5, 0.6) is 0 Å². The van der Waals surface area contributed by atoms with Crippen LogP contribution < -0.4 is 16.0 Å². The van der Waals surface area contributed by atoms with Crippen molar-refractivity contribution in [2.75, 3.05) is 37.4 Å². The van der Waals surface area contributed by atoms with Crippen molar-refractivity contribution in [3.8, 4) is 0 Å². The Morgan fingerprint density at radius 1 is 1.10 bits per heavy atom. The van der Waals surface area contributed by atoms with Gasteiger partial charge in [0.05, 0.1) is 18.6 Å². The highest BCUT2D eigenvalue weighted by Gasteiger charge is 2.27. The number of anilines is 2. The van der Waals surface area contributed by atoms with Crippen LogP contribution in [0, 0.1) is 0 Å². The van der Waals surface area contributed by atoms with E-state index in [9.17, 15) is 9.59 Å². The van der Waals surface area contributed by atoms with Crippen molar-refractivity contribution >= 4 is 23.3 Å². The fraction of sp³-hybridized carbons (Fsp3) is 0.391. The lowest BCUT2D eigenvalue weighted by Gasteiger charge is -2.32. The summed E-state index contributed by atoms with van der Waals surface area (Å²) in [6.45, 7) is 4.39. The molecule has 6 nitrogen and oxygen atoms in total. The van der Waals surface area contributed by atoms with Gasteiger partial charge in [-0.15, -0.1) is 0 Å². The molecule has 154 valence electrons. The molecular formula is C23H29N3O3. The monoisotopic (exact) mass is 395 g/mol. The molecule has 1 saturated heterocycles. The van der Waals surface area contributed by atoms with Crippen LogP contribution in [-0.4, -0.2) is 38.6 Å². The summed E-state index contributed by atoms with van der Waals surface area (Å²) in [6.07, 6.45) is 3.52. The molecule has 1 aliphatic rings. The molecule has 29 heavy (non-hydrogen) atoms. The summed E-state index contributed by atoms with van der Waals surface area (Å²) in [5, 5.41) is 2.95. The second kappa shape index (κ2) is 9.45. The van der Waals surface area contributed by atoms with Crippen molar-refractivity contribution < 1.29 is 14.3 Å². The number of hydrogen-bond acceptors (Lipinski definition) is 5. The summed E-state index contributed by atoms with van der Waals surface area (Å²) in [5.41, 5.74) is 9.95. The van der Waals surface area contributed by atoms with Gasteiger partial charge >= 0.3 is 5.97 Å². The molecule has 6 heteroatoms. The Hall–Kier alpha value is -3.02. The summed E-state index contributed by atoms with van der Waals surface area (Å²) in [5.74, 6) is -0.992. The van der Waals surface area contributed by atoms with Gasteiger partial charge in [-0.3, -0.25) is 4.79 Å². The van der Waals surface area contributed by atoms with Crippen LogP contribution in [0.2, 0.25) is 0 Å². The molecule has 0 spiro atoms. The van der Waals surface area contributed by atoms with Gasteiger partial charge < -0.3 is 20.7 Å². The number of esters is 1. The normalized spacial score (nSPS) is 14.9. The summed E-state index contributed by atoms with van der Waals surface area (Å²) in [4.78, 5) is 27.2. The Labute approximate surface area is 172 Å². The number of nitrogens with two attached hydrogens (primary N) is 1. The molecule has 0 saturated carbocycles. The molecule has 0 radical (unpaired) electrons. The minimum Gasteiger partial charge on any atom is -0.465 e. The Morgan fingerprint density at radius 3 is 2.41 bits per heavy atom. The predicted octanol–water partition coefficient (Wildman–Crippen LogP) is 3.31. The fourth-order valence-electron chi connectivity index (χ4n) is 3.90. The molecule has 2 aromatic carbocycles. The van der Waals surface area contributed by atoms with E-state index in [2.05, 4.69) is 10.2 Å². The van der Waals surface area contributed by atoms with Crippen LogP contribution in [0.25, 0.3) is 0 Å². The topological polar surface area (TPSA) is 84.7 Å². The Balaban J connectivity index is 2.06. The standard InChI is InChI=1S/C23H29N3O3/c1-3-25-22(27)21(16-7-9-17(10-8-16)23(28)29-2)19-15-18(24)11-12-20(19)26-13-5-4-6-14-26/h7-12,15,21H,3-6,13-14,24H2,1-2H3,(H,25,27). The number of nitrogens with one attached hydrogen (secondary N) is 1. The number of carbonyl (C=O) groups is 2. The van der Waals surface area contributed by atoms with Crippen molar-refractivity contribution in [1.82, 2.24) is 5.32 Å². The maximum absolute atomic E-state index is 13.1. The van der Waals surface area contributed by atoms with E-state index in [1.54, 1.807) is 12.1 Å². The Bertz CT molecular complexity index is 858. The highest BCUT2D eigenvalue weighted by molar-refractivity contribution is 5.91. The zero-order chi connectivity index (χ0) is 20.8. The molecule has 1 unspecified atom stereocenters. The van der Waals surface area contributed by atoms with Crippen LogP contribution in [0.1, 0.15) is 53.6 Å². The Kier molecular flexibility index (Phi) is 6.75. The SMILES string of the molecule is CCNC(=O)C(c1ccc(C(=O)OC)cc1)c1cc(N)ccc1N1CCCCC1. The number of methoxy groups -OCH3 is 1. The largest absolute Gasteiger partial charge is 0.465 e. The quantitative estimate of drug-likeness (QED) is 0.579. The molecule has 1 amide bonds. The first-order valence-electron chi connectivity index (χ1n) is 10.2. The predicted molar refractivity (Wildman–Crippen MR) is 115 cm³/mol.